The van der Waals surface area contributed by atoms with Gasteiger partial charge in [0, 0.05) is 18.6 Å². The van der Waals surface area contributed by atoms with E-state index in [1.54, 1.807) is 21.6 Å². The smallest absolute Gasteiger partial charge is 0.134 e. The van der Waals surface area contributed by atoms with Gasteiger partial charge in [-0.3, -0.25) is 4.79 Å². The summed E-state index contributed by atoms with van der Waals surface area (Å²) in [4.78, 5) is 11.3. The van der Waals surface area contributed by atoms with Crippen molar-refractivity contribution in [1.82, 2.24) is 0 Å². The van der Waals surface area contributed by atoms with Gasteiger partial charge in [-0.15, -0.1) is 0 Å². The molecule has 1 nitrogen and oxygen atoms in total. The quantitative estimate of drug-likeness (QED) is 0.507. The van der Waals surface area contributed by atoms with Gasteiger partial charge in [0.25, 0.3) is 0 Å². The van der Waals surface area contributed by atoms with Crippen LogP contribution in [0.5, 0.6) is 0 Å². The van der Waals surface area contributed by atoms with Gasteiger partial charge in [-0.05, 0) is 11.7 Å². The molecular formula is C9H18OS2. The van der Waals surface area contributed by atoms with Crippen molar-refractivity contribution in [2.24, 2.45) is 5.41 Å². The molecule has 72 valence electrons. The van der Waals surface area contributed by atoms with Crippen LogP contribution in [0.15, 0.2) is 0 Å². The number of hydrogen-bond acceptors (Lipinski definition) is 3. The van der Waals surface area contributed by atoms with Gasteiger partial charge in [0.15, 0.2) is 0 Å². The van der Waals surface area contributed by atoms with E-state index in [1.165, 1.54) is 0 Å². The summed E-state index contributed by atoms with van der Waals surface area (Å²) < 4.78 is 0. The molecule has 0 heterocycles. The van der Waals surface area contributed by atoms with Crippen LogP contribution < -0.4 is 0 Å². The van der Waals surface area contributed by atoms with E-state index < -0.39 is 0 Å². The Morgan fingerprint density at radius 2 is 1.92 bits per heavy atom. The number of carbonyl (C=O) groups is 1. The zero-order valence-corrected chi connectivity index (χ0v) is 9.98. The summed E-state index contributed by atoms with van der Waals surface area (Å²) in [5, 5.41) is 0. The van der Waals surface area contributed by atoms with Crippen molar-refractivity contribution in [2.45, 2.75) is 33.6 Å². The number of ketones is 1. The van der Waals surface area contributed by atoms with E-state index in [2.05, 4.69) is 20.8 Å². The van der Waals surface area contributed by atoms with Gasteiger partial charge in [-0.25, -0.2) is 0 Å². The zero-order valence-electron chi connectivity index (χ0n) is 8.35. The minimum absolute atomic E-state index is 0.154. The summed E-state index contributed by atoms with van der Waals surface area (Å²) in [6.07, 6.45) is 3.48. The fourth-order valence-corrected chi connectivity index (χ4v) is 2.15. The lowest BCUT2D eigenvalue weighted by atomic mass is 9.89. The molecule has 0 aliphatic carbocycles. The van der Waals surface area contributed by atoms with Crippen LogP contribution in [0.2, 0.25) is 0 Å². The molecule has 0 saturated heterocycles. The van der Waals surface area contributed by atoms with Crippen molar-refractivity contribution < 1.29 is 4.79 Å². The van der Waals surface area contributed by atoms with Crippen molar-refractivity contribution in [2.75, 3.05) is 12.0 Å². The van der Waals surface area contributed by atoms with E-state index in [0.29, 0.717) is 12.2 Å². The van der Waals surface area contributed by atoms with Crippen LogP contribution in [0.25, 0.3) is 0 Å². The maximum Gasteiger partial charge on any atom is 0.134 e. The maximum atomic E-state index is 11.3. The lowest BCUT2D eigenvalue weighted by Crippen LogP contribution is -2.13. The van der Waals surface area contributed by atoms with Crippen molar-refractivity contribution in [1.29, 1.82) is 0 Å². The monoisotopic (exact) mass is 206 g/mol. The minimum atomic E-state index is 0.154. The van der Waals surface area contributed by atoms with Crippen molar-refractivity contribution in [3.63, 3.8) is 0 Å². The highest BCUT2D eigenvalue weighted by Crippen LogP contribution is 2.22. The van der Waals surface area contributed by atoms with E-state index >= 15 is 0 Å². The molecule has 12 heavy (non-hydrogen) atoms. The normalized spacial score (nSPS) is 11.7. The van der Waals surface area contributed by atoms with Crippen LogP contribution in [0.3, 0.4) is 0 Å². The minimum Gasteiger partial charge on any atom is -0.300 e. The Morgan fingerprint density at radius 1 is 1.33 bits per heavy atom. The Bertz CT molecular complexity index is 138. The van der Waals surface area contributed by atoms with Gasteiger partial charge in [-0.1, -0.05) is 42.4 Å². The highest BCUT2D eigenvalue weighted by Gasteiger charge is 2.15. The molecule has 0 spiro atoms. The second-order valence-corrected chi connectivity index (χ2v) is 6.70. The molecule has 0 atom stereocenters. The fourth-order valence-electron chi connectivity index (χ4n) is 0.919. The molecule has 0 aromatic heterocycles. The molecule has 0 aromatic rings. The number of hydrogen-bond donors (Lipinski definition) is 0. The molecule has 0 fully saturated rings. The van der Waals surface area contributed by atoms with E-state index in [4.69, 9.17) is 0 Å². The molecular weight excluding hydrogens is 188 g/mol. The van der Waals surface area contributed by atoms with Gasteiger partial charge in [0.2, 0.25) is 0 Å². The zero-order chi connectivity index (χ0) is 9.61. The van der Waals surface area contributed by atoms with Gasteiger partial charge < -0.3 is 0 Å². The Balaban J connectivity index is 3.47. The third kappa shape index (κ3) is 8.47. The summed E-state index contributed by atoms with van der Waals surface area (Å²) >= 11 is 0. The SMILES string of the molecule is CSSCCC(=O)CC(C)(C)C. The van der Waals surface area contributed by atoms with Crippen molar-refractivity contribution in [3.05, 3.63) is 0 Å². The molecule has 0 bridgehead atoms. The predicted molar refractivity (Wildman–Crippen MR) is 59.7 cm³/mol. The Kier molecular flexibility index (Phi) is 6.10. The standard InChI is InChI=1S/C9H18OS2/c1-9(2,3)7-8(10)5-6-12-11-4/h5-7H2,1-4H3. The van der Waals surface area contributed by atoms with Crippen molar-refractivity contribution >= 4 is 27.4 Å². The first-order valence-electron chi connectivity index (χ1n) is 4.13. The van der Waals surface area contributed by atoms with Gasteiger partial charge in [0.05, 0.1) is 0 Å². The molecule has 0 amide bonds. The topological polar surface area (TPSA) is 17.1 Å². The van der Waals surface area contributed by atoms with Crippen LogP contribution in [0, 0.1) is 5.41 Å². The van der Waals surface area contributed by atoms with E-state index in [-0.39, 0.29) is 5.41 Å². The Labute approximate surface area is 83.5 Å². The highest BCUT2D eigenvalue weighted by molar-refractivity contribution is 8.76. The maximum absolute atomic E-state index is 11.3. The van der Waals surface area contributed by atoms with Gasteiger partial charge in [0.1, 0.15) is 5.78 Å². The number of Topliss-reactive ketones (excluding diaryl/α,β-unsaturated/α-hetero) is 1. The number of carbonyl (C=O) groups excluding carboxylic acids is 1. The Hall–Kier alpha value is 0.370. The van der Waals surface area contributed by atoms with Crippen LogP contribution in [0.4, 0.5) is 0 Å². The average molecular weight is 206 g/mol. The van der Waals surface area contributed by atoms with Gasteiger partial charge in [-0.2, -0.15) is 0 Å². The first-order chi connectivity index (χ1) is 5.45. The molecule has 0 saturated carbocycles. The van der Waals surface area contributed by atoms with E-state index in [1.807, 2.05) is 6.26 Å². The van der Waals surface area contributed by atoms with Crippen LogP contribution >= 0.6 is 21.6 Å². The summed E-state index contributed by atoms with van der Waals surface area (Å²) in [6, 6.07) is 0. The summed E-state index contributed by atoms with van der Waals surface area (Å²) in [5.41, 5.74) is 0.154. The summed E-state index contributed by atoms with van der Waals surface area (Å²) in [7, 11) is 3.48. The van der Waals surface area contributed by atoms with Crippen molar-refractivity contribution in [3.8, 4) is 0 Å². The molecule has 3 heteroatoms. The fraction of sp³-hybridized carbons (Fsp3) is 0.889. The largest absolute Gasteiger partial charge is 0.300 e. The molecule has 0 radical (unpaired) electrons. The van der Waals surface area contributed by atoms with Crippen LogP contribution in [-0.2, 0) is 4.79 Å². The second-order valence-electron chi connectivity index (χ2n) is 4.01. The molecule has 0 aliphatic heterocycles. The molecule has 0 N–H and O–H groups in total. The summed E-state index contributed by atoms with van der Waals surface area (Å²) in [5.74, 6) is 1.35. The van der Waals surface area contributed by atoms with Crippen LogP contribution in [-0.4, -0.2) is 17.8 Å². The van der Waals surface area contributed by atoms with E-state index in [0.717, 1.165) is 12.2 Å². The van der Waals surface area contributed by atoms with E-state index in [9.17, 15) is 4.79 Å². The highest BCUT2D eigenvalue weighted by atomic mass is 33.1. The third-order valence-electron chi connectivity index (χ3n) is 1.31. The Morgan fingerprint density at radius 3 is 2.33 bits per heavy atom. The predicted octanol–water partition coefficient (Wildman–Crippen LogP) is 3.39. The molecule has 0 rings (SSSR count). The number of rotatable bonds is 5. The summed E-state index contributed by atoms with van der Waals surface area (Å²) in [6.45, 7) is 6.31. The lowest BCUT2D eigenvalue weighted by Gasteiger charge is -2.16. The third-order valence-corrected chi connectivity index (χ3v) is 3.12. The first-order valence-corrected chi connectivity index (χ1v) is 6.86. The molecule has 0 aromatic carbocycles. The first kappa shape index (κ1) is 12.4. The average Bonchev–Trinajstić information content (AvgIpc) is 1.84. The van der Waals surface area contributed by atoms with Gasteiger partial charge >= 0.3 is 0 Å². The lowest BCUT2D eigenvalue weighted by molar-refractivity contribution is -0.120. The molecule has 0 unspecified atom stereocenters. The second kappa shape index (κ2) is 5.92. The molecule has 0 aliphatic rings. The van der Waals surface area contributed by atoms with Crippen LogP contribution in [0.1, 0.15) is 33.6 Å².